The maximum absolute atomic E-state index is 5.84. The molecule has 1 saturated heterocycles. The highest BCUT2D eigenvalue weighted by Crippen LogP contribution is 2.12. The van der Waals surface area contributed by atoms with E-state index in [2.05, 4.69) is 15.3 Å². The summed E-state index contributed by atoms with van der Waals surface area (Å²) in [7, 11) is 0. The first-order chi connectivity index (χ1) is 8.74. The molecule has 1 aromatic rings. The summed E-state index contributed by atoms with van der Waals surface area (Å²) in [6, 6.07) is 1.70. The van der Waals surface area contributed by atoms with E-state index in [0.29, 0.717) is 30.7 Å². The van der Waals surface area contributed by atoms with Gasteiger partial charge in [0, 0.05) is 19.2 Å². The molecule has 18 heavy (non-hydrogen) atoms. The Bertz CT molecular complexity index is 363. The van der Waals surface area contributed by atoms with Crippen LogP contribution in [0.2, 0.25) is 5.15 Å². The number of hydrogen-bond donors (Lipinski definition) is 1. The molecule has 0 bridgehead atoms. The van der Waals surface area contributed by atoms with Gasteiger partial charge in [0.25, 0.3) is 0 Å². The number of hydrogen-bond acceptors (Lipinski definition) is 5. The van der Waals surface area contributed by atoms with Crippen LogP contribution in [0.5, 0.6) is 0 Å². The zero-order chi connectivity index (χ0) is 12.8. The minimum atomic E-state index is 0.278. The first-order valence-corrected chi connectivity index (χ1v) is 6.56. The number of halogens is 1. The quantitative estimate of drug-likeness (QED) is 0.634. The van der Waals surface area contributed by atoms with Gasteiger partial charge in [0.05, 0.1) is 19.3 Å². The van der Waals surface area contributed by atoms with E-state index in [9.17, 15) is 0 Å². The van der Waals surface area contributed by atoms with E-state index in [1.807, 2.05) is 6.92 Å². The molecular weight excluding hydrogens is 254 g/mol. The van der Waals surface area contributed by atoms with Gasteiger partial charge in [-0.2, -0.15) is 0 Å². The monoisotopic (exact) mass is 271 g/mol. The molecule has 1 aliphatic heterocycles. The van der Waals surface area contributed by atoms with Gasteiger partial charge in [0.2, 0.25) is 0 Å². The van der Waals surface area contributed by atoms with Crippen molar-refractivity contribution in [2.75, 3.05) is 31.7 Å². The number of aryl methyl sites for hydroxylation is 1. The van der Waals surface area contributed by atoms with Crippen LogP contribution in [0.4, 0.5) is 5.82 Å². The van der Waals surface area contributed by atoms with Crippen molar-refractivity contribution >= 4 is 17.4 Å². The fraction of sp³-hybridized carbons (Fsp3) is 0.667. The summed E-state index contributed by atoms with van der Waals surface area (Å²) in [6.45, 7) is 4.67. The number of rotatable bonds is 6. The minimum absolute atomic E-state index is 0.278. The Morgan fingerprint density at radius 1 is 1.56 bits per heavy atom. The second kappa shape index (κ2) is 6.87. The third-order valence-corrected chi connectivity index (χ3v) is 2.88. The van der Waals surface area contributed by atoms with Gasteiger partial charge >= 0.3 is 0 Å². The van der Waals surface area contributed by atoms with E-state index in [0.717, 1.165) is 25.3 Å². The Hall–Kier alpha value is -0.910. The van der Waals surface area contributed by atoms with Crippen LogP contribution in [0.15, 0.2) is 6.07 Å². The Morgan fingerprint density at radius 3 is 3.17 bits per heavy atom. The highest BCUT2D eigenvalue weighted by atomic mass is 35.5. The van der Waals surface area contributed by atoms with Gasteiger partial charge in [-0.05, 0) is 19.8 Å². The third-order valence-electron chi connectivity index (χ3n) is 2.69. The predicted molar refractivity (Wildman–Crippen MR) is 70.1 cm³/mol. The predicted octanol–water partition coefficient (Wildman–Crippen LogP) is 2.05. The lowest BCUT2D eigenvalue weighted by Crippen LogP contribution is -2.18. The van der Waals surface area contributed by atoms with Crippen molar-refractivity contribution in [1.29, 1.82) is 0 Å². The topological polar surface area (TPSA) is 56.3 Å². The minimum Gasteiger partial charge on any atom is -0.377 e. The highest BCUT2D eigenvalue weighted by molar-refractivity contribution is 6.29. The van der Waals surface area contributed by atoms with Crippen molar-refractivity contribution < 1.29 is 9.47 Å². The van der Waals surface area contributed by atoms with Crippen LogP contribution in [0.3, 0.4) is 0 Å². The van der Waals surface area contributed by atoms with Gasteiger partial charge in [-0.1, -0.05) is 11.6 Å². The maximum Gasteiger partial charge on any atom is 0.134 e. The smallest absolute Gasteiger partial charge is 0.134 e. The van der Waals surface area contributed by atoms with Gasteiger partial charge in [0.1, 0.15) is 16.8 Å². The molecule has 0 amide bonds. The molecule has 1 unspecified atom stereocenters. The van der Waals surface area contributed by atoms with Crippen molar-refractivity contribution in [1.82, 2.24) is 9.97 Å². The Kier molecular flexibility index (Phi) is 5.16. The number of aromatic nitrogens is 2. The van der Waals surface area contributed by atoms with Crippen LogP contribution >= 0.6 is 11.6 Å². The highest BCUT2D eigenvalue weighted by Gasteiger charge is 2.14. The molecule has 0 aliphatic carbocycles. The lowest BCUT2D eigenvalue weighted by molar-refractivity contribution is 0.0206. The van der Waals surface area contributed by atoms with E-state index in [4.69, 9.17) is 21.1 Å². The van der Waals surface area contributed by atoms with Crippen molar-refractivity contribution in [3.05, 3.63) is 17.0 Å². The summed E-state index contributed by atoms with van der Waals surface area (Å²) < 4.78 is 11.0. The molecule has 1 aliphatic rings. The molecule has 0 aromatic carbocycles. The van der Waals surface area contributed by atoms with E-state index in [-0.39, 0.29) is 6.10 Å². The van der Waals surface area contributed by atoms with Gasteiger partial charge in [0.15, 0.2) is 0 Å². The fourth-order valence-corrected chi connectivity index (χ4v) is 2.09. The van der Waals surface area contributed by atoms with Crippen LogP contribution in [-0.2, 0) is 9.47 Å². The molecule has 2 heterocycles. The van der Waals surface area contributed by atoms with Crippen LogP contribution in [-0.4, -0.2) is 42.4 Å². The molecule has 0 saturated carbocycles. The van der Waals surface area contributed by atoms with E-state index in [1.54, 1.807) is 6.07 Å². The standard InChI is InChI=1S/C12H18ClN3O2/c1-9-15-11(13)7-12(16-9)14-4-6-17-8-10-3-2-5-18-10/h7,10H,2-6,8H2,1H3,(H,14,15,16). The van der Waals surface area contributed by atoms with Gasteiger partial charge < -0.3 is 14.8 Å². The fourth-order valence-electron chi connectivity index (χ4n) is 1.86. The second-order valence-electron chi connectivity index (χ2n) is 4.26. The van der Waals surface area contributed by atoms with Crippen LogP contribution < -0.4 is 5.32 Å². The normalized spacial score (nSPS) is 19.1. The molecule has 6 heteroatoms. The maximum atomic E-state index is 5.84. The second-order valence-corrected chi connectivity index (χ2v) is 4.65. The summed E-state index contributed by atoms with van der Waals surface area (Å²) in [5.74, 6) is 1.39. The van der Waals surface area contributed by atoms with Crippen LogP contribution in [0, 0.1) is 6.92 Å². The van der Waals surface area contributed by atoms with Gasteiger partial charge in [-0.3, -0.25) is 0 Å². The van der Waals surface area contributed by atoms with E-state index < -0.39 is 0 Å². The van der Waals surface area contributed by atoms with Crippen LogP contribution in [0.25, 0.3) is 0 Å². The third kappa shape index (κ3) is 4.40. The first kappa shape index (κ1) is 13.5. The largest absolute Gasteiger partial charge is 0.377 e. The molecule has 5 nitrogen and oxygen atoms in total. The zero-order valence-corrected chi connectivity index (χ0v) is 11.2. The first-order valence-electron chi connectivity index (χ1n) is 6.18. The molecule has 100 valence electrons. The molecule has 1 aromatic heterocycles. The lowest BCUT2D eigenvalue weighted by Gasteiger charge is -2.11. The summed E-state index contributed by atoms with van der Waals surface area (Å²) in [5.41, 5.74) is 0. The molecule has 0 radical (unpaired) electrons. The van der Waals surface area contributed by atoms with Crippen molar-refractivity contribution in [3.8, 4) is 0 Å². The SMILES string of the molecule is Cc1nc(Cl)cc(NCCOCC2CCCO2)n1. The summed E-state index contributed by atoms with van der Waals surface area (Å²) in [5, 5.41) is 3.60. The van der Waals surface area contributed by atoms with Crippen molar-refractivity contribution in [3.63, 3.8) is 0 Å². The average Bonchev–Trinajstić information content (AvgIpc) is 2.80. The number of ether oxygens (including phenoxy) is 2. The summed E-state index contributed by atoms with van der Waals surface area (Å²) in [4.78, 5) is 8.22. The average molecular weight is 272 g/mol. The molecule has 0 spiro atoms. The summed E-state index contributed by atoms with van der Waals surface area (Å²) >= 11 is 5.84. The Labute approximate surface area is 112 Å². The van der Waals surface area contributed by atoms with Crippen LogP contribution in [0.1, 0.15) is 18.7 Å². The summed E-state index contributed by atoms with van der Waals surface area (Å²) in [6.07, 6.45) is 2.53. The van der Waals surface area contributed by atoms with E-state index in [1.165, 1.54) is 0 Å². The molecular formula is C12H18ClN3O2. The molecule has 1 fully saturated rings. The number of nitrogens with zero attached hydrogens (tertiary/aromatic N) is 2. The molecule has 2 rings (SSSR count). The van der Waals surface area contributed by atoms with Gasteiger partial charge in [-0.15, -0.1) is 0 Å². The number of nitrogens with one attached hydrogen (secondary N) is 1. The lowest BCUT2D eigenvalue weighted by atomic mass is 10.2. The van der Waals surface area contributed by atoms with Crippen molar-refractivity contribution in [2.45, 2.75) is 25.9 Å². The number of anilines is 1. The Morgan fingerprint density at radius 2 is 2.44 bits per heavy atom. The van der Waals surface area contributed by atoms with Crippen molar-refractivity contribution in [2.24, 2.45) is 0 Å². The van der Waals surface area contributed by atoms with Gasteiger partial charge in [-0.25, -0.2) is 9.97 Å². The zero-order valence-electron chi connectivity index (χ0n) is 10.5. The van der Waals surface area contributed by atoms with E-state index >= 15 is 0 Å². The molecule has 1 atom stereocenters. The Balaban J connectivity index is 1.62. The molecule has 1 N–H and O–H groups in total.